The van der Waals surface area contributed by atoms with Gasteiger partial charge in [0.15, 0.2) is 0 Å². The molecule has 0 unspecified atom stereocenters. The topological polar surface area (TPSA) is 86.8 Å². The van der Waals surface area contributed by atoms with Crippen LogP contribution in [-0.4, -0.2) is 30.3 Å². The molecule has 1 aromatic rings. The number of unbranched alkanes of at least 4 members (excludes halogenated alkanes) is 1. The smallest absolute Gasteiger partial charge is 0.462 e. The number of aromatic nitrogens is 1. The van der Waals surface area contributed by atoms with Gasteiger partial charge >= 0.3 is 12.1 Å². The zero-order valence-corrected chi connectivity index (χ0v) is 13.2. The Morgan fingerprint density at radius 1 is 1.29 bits per heavy atom. The minimum Gasteiger partial charge on any atom is -0.462 e. The normalized spacial score (nSPS) is 10.2. The maximum absolute atomic E-state index is 11.6. The van der Waals surface area contributed by atoms with Crippen LogP contribution in [0.3, 0.4) is 0 Å². The van der Waals surface area contributed by atoms with Crippen molar-refractivity contribution < 1.29 is 23.9 Å². The Morgan fingerprint density at radius 2 is 2.05 bits per heavy atom. The molecule has 0 aliphatic heterocycles. The van der Waals surface area contributed by atoms with Crippen LogP contribution in [0.25, 0.3) is 0 Å². The van der Waals surface area contributed by atoms with E-state index >= 15 is 0 Å². The quantitative estimate of drug-likeness (QED) is 0.448. The van der Waals surface area contributed by atoms with Crippen LogP contribution >= 0.6 is 11.3 Å². The first-order chi connectivity index (χ1) is 10.1. The predicted octanol–water partition coefficient (Wildman–Crippen LogP) is 2.59. The number of carbonyl (C=O) groups excluding carboxylic acids is 2. The first kappa shape index (κ1) is 17.4. The molecule has 0 atom stereocenters. The van der Waals surface area contributed by atoms with Gasteiger partial charge in [0, 0.05) is 0 Å². The molecule has 0 bridgehead atoms. The van der Waals surface area contributed by atoms with Gasteiger partial charge < -0.3 is 14.3 Å². The third-order valence-electron chi connectivity index (χ3n) is 2.40. The number of hydrogen-bond acceptors (Lipinski definition) is 8. The van der Waals surface area contributed by atoms with Crippen molar-refractivity contribution in [2.24, 2.45) is 0 Å². The summed E-state index contributed by atoms with van der Waals surface area (Å²) in [6.45, 7) is 6.32. The molecule has 21 heavy (non-hydrogen) atoms. The van der Waals surface area contributed by atoms with Gasteiger partial charge in [-0.2, -0.15) is 0 Å². The SMILES string of the molecule is CCCCOC(=O)ONCc1nc(C)c(C(=O)OCC)s1. The molecular weight excluding hydrogens is 296 g/mol. The van der Waals surface area contributed by atoms with Crippen molar-refractivity contribution in [1.82, 2.24) is 10.5 Å². The Hall–Kier alpha value is -1.67. The Labute approximate surface area is 127 Å². The Morgan fingerprint density at radius 3 is 2.71 bits per heavy atom. The highest BCUT2D eigenvalue weighted by Gasteiger charge is 2.16. The van der Waals surface area contributed by atoms with Crippen LogP contribution in [0.1, 0.15) is 47.1 Å². The lowest BCUT2D eigenvalue weighted by atomic mass is 10.4. The lowest BCUT2D eigenvalue weighted by molar-refractivity contribution is 0.0137. The Bertz CT molecular complexity index is 475. The van der Waals surface area contributed by atoms with E-state index in [2.05, 4.69) is 15.3 Å². The molecule has 1 rings (SSSR count). The van der Waals surface area contributed by atoms with E-state index in [1.54, 1.807) is 13.8 Å². The average molecular weight is 316 g/mol. The summed E-state index contributed by atoms with van der Waals surface area (Å²) in [5.74, 6) is -0.390. The summed E-state index contributed by atoms with van der Waals surface area (Å²) in [5, 5.41) is 0.622. The number of rotatable bonds is 8. The second-order valence-corrected chi connectivity index (χ2v) is 5.20. The summed E-state index contributed by atoms with van der Waals surface area (Å²) in [7, 11) is 0. The third-order valence-corrected chi connectivity index (χ3v) is 3.54. The molecule has 0 aliphatic rings. The summed E-state index contributed by atoms with van der Waals surface area (Å²) < 4.78 is 9.73. The Balaban J connectivity index is 2.37. The summed E-state index contributed by atoms with van der Waals surface area (Å²) in [5.41, 5.74) is 3.06. The number of thiazole rings is 1. The zero-order valence-electron chi connectivity index (χ0n) is 12.4. The lowest BCUT2D eigenvalue weighted by Crippen LogP contribution is -2.20. The van der Waals surface area contributed by atoms with Gasteiger partial charge in [0.2, 0.25) is 0 Å². The van der Waals surface area contributed by atoms with E-state index in [1.807, 2.05) is 6.92 Å². The first-order valence-corrected chi connectivity index (χ1v) is 7.60. The predicted molar refractivity (Wildman–Crippen MR) is 77.0 cm³/mol. The van der Waals surface area contributed by atoms with E-state index in [0.717, 1.165) is 12.8 Å². The molecule has 0 saturated carbocycles. The molecule has 8 heteroatoms. The van der Waals surface area contributed by atoms with Crippen LogP contribution in [-0.2, 0) is 20.9 Å². The van der Waals surface area contributed by atoms with Crippen LogP contribution in [0.4, 0.5) is 4.79 Å². The molecule has 7 nitrogen and oxygen atoms in total. The largest absolute Gasteiger partial charge is 0.527 e. The molecule has 0 spiro atoms. The number of aryl methyl sites for hydroxylation is 1. The highest BCUT2D eigenvalue weighted by molar-refractivity contribution is 7.13. The van der Waals surface area contributed by atoms with E-state index in [0.29, 0.717) is 28.8 Å². The summed E-state index contributed by atoms with van der Waals surface area (Å²) in [4.78, 5) is 32.2. The minimum absolute atomic E-state index is 0.202. The van der Waals surface area contributed by atoms with Gasteiger partial charge in [-0.1, -0.05) is 13.3 Å². The molecular formula is C13H20N2O5S. The zero-order chi connectivity index (χ0) is 15.7. The van der Waals surface area contributed by atoms with Crippen LogP contribution in [0.2, 0.25) is 0 Å². The summed E-state index contributed by atoms with van der Waals surface area (Å²) >= 11 is 1.20. The van der Waals surface area contributed by atoms with Gasteiger partial charge in [-0.15, -0.1) is 16.8 Å². The van der Waals surface area contributed by atoms with Crippen molar-refractivity contribution in [3.05, 3.63) is 15.6 Å². The van der Waals surface area contributed by atoms with Crippen LogP contribution in [0.15, 0.2) is 0 Å². The van der Waals surface area contributed by atoms with Gasteiger partial charge in [0.05, 0.1) is 25.5 Å². The molecule has 1 heterocycles. The number of nitrogens with zero attached hydrogens (tertiary/aromatic N) is 1. The van der Waals surface area contributed by atoms with Crippen molar-refractivity contribution in [3.63, 3.8) is 0 Å². The fraction of sp³-hybridized carbons (Fsp3) is 0.615. The van der Waals surface area contributed by atoms with Crippen molar-refractivity contribution in [1.29, 1.82) is 0 Å². The summed E-state index contributed by atoms with van der Waals surface area (Å²) in [6.07, 6.45) is 0.960. The number of nitrogens with one attached hydrogen (secondary N) is 1. The first-order valence-electron chi connectivity index (χ1n) is 6.78. The van der Waals surface area contributed by atoms with Crippen LogP contribution < -0.4 is 5.48 Å². The van der Waals surface area contributed by atoms with E-state index in [4.69, 9.17) is 9.47 Å². The number of esters is 1. The number of carbonyl (C=O) groups is 2. The third kappa shape index (κ3) is 6.09. The van der Waals surface area contributed by atoms with Crippen LogP contribution in [0, 0.1) is 6.92 Å². The van der Waals surface area contributed by atoms with Crippen molar-refractivity contribution >= 4 is 23.5 Å². The maximum atomic E-state index is 11.6. The van der Waals surface area contributed by atoms with Gasteiger partial charge in [-0.05, 0) is 20.3 Å². The van der Waals surface area contributed by atoms with Gasteiger partial charge in [-0.3, -0.25) is 0 Å². The molecule has 0 saturated heterocycles. The monoisotopic (exact) mass is 316 g/mol. The van der Waals surface area contributed by atoms with Crippen molar-refractivity contribution in [2.45, 2.75) is 40.2 Å². The summed E-state index contributed by atoms with van der Waals surface area (Å²) in [6, 6.07) is 0. The van der Waals surface area contributed by atoms with Crippen molar-refractivity contribution in [3.8, 4) is 0 Å². The second-order valence-electron chi connectivity index (χ2n) is 4.12. The van der Waals surface area contributed by atoms with Crippen LogP contribution in [0.5, 0.6) is 0 Å². The molecule has 1 N–H and O–H groups in total. The number of hydroxylamine groups is 1. The fourth-order valence-corrected chi connectivity index (χ4v) is 2.28. The van der Waals surface area contributed by atoms with Crippen molar-refractivity contribution in [2.75, 3.05) is 13.2 Å². The lowest BCUT2D eigenvalue weighted by Gasteiger charge is -2.04. The standard InChI is InChI=1S/C13H20N2O5S/c1-4-6-7-19-13(17)20-14-8-10-15-9(3)11(21-10)12(16)18-5-2/h14H,4-8H2,1-3H3. The second kappa shape index (κ2) is 9.30. The van der Waals surface area contributed by atoms with E-state index in [-0.39, 0.29) is 6.54 Å². The average Bonchev–Trinajstić information content (AvgIpc) is 2.80. The van der Waals surface area contributed by atoms with Gasteiger partial charge in [0.25, 0.3) is 0 Å². The van der Waals surface area contributed by atoms with E-state index in [9.17, 15) is 9.59 Å². The Kier molecular flexibility index (Phi) is 7.70. The van der Waals surface area contributed by atoms with Gasteiger partial charge in [-0.25, -0.2) is 14.6 Å². The maximum Gasteiger partial charge on any atom is 0.527 e. The molecule has 0 aliphatic carbocycles. The molecule has 0 aromatic carbocycles. The molecule has 1 aromatic heterocycles. The fourth-order valence-electron chi connectivity index (χ4n) is 1.40. The molecule has 0 fully saturated rings. The molecule has 0 radical (unpaired) electrons. The van der Waals surface area contributed by atoms with Gasteiger partial charge in [0.1, 0.15) is 9.88 Å². The molecule has 118 valence electrons. The van der Waals surface area contributed by atoms with E-state index in [1.165, 1.54) is 11.3 Å². The minimum atomic E-state index is -0.776. The van der Waals surface area contributed by atoms with E-state index < -0.39 is 12.1 Å². The number of hydrogen-bond donors (Lipinski definition) is 1. The highest BCUT2D eigenvalue weighted by atomic mass is 32.1. The number of ether oxygens (including phenoxy) is 2. The molecule has 0 amide bonds. The highest BCUT2D eigenvalue weighted by Crippen LogP contribution is 2.19.